The molecule has 1 fully saturated rings. The van der Waals surface area contributed by atoms with Crippen LogP contribution in [0, 0.1) is 0 Å². The summed E-state index contributed by atoms with van der Waals surface area (Å²) in [6, 6.07) is 8.51. The van der Waals surface area contributed by atoms with Crippen molar-refractivity contribution in [1.82, 2.24) is 20.0 Å². The van der Waals surface area contributed by atoms with Gasteiger partial charge < -0.3 is 14.7 Å². The van der Waals surface area contributed by atoms with Crippen molar-refractivity contribution >= 4 is 12.1 Å². The summed E-state index contributed by atoms with van der Waals surface area (Å²) in [5, 5.41) is 16.6. The van der Waals surface area contributed by atoms with E-state index >= 15 is 0 Å². The van der Waals surface area contributed by atoms with Crippen LogP contribution in [-0.2, 0) is 9.53 Å². The molecule has 0 saturated carbocycles. The van der Waals surface area contributed by atoms with Crippen molar-refractivity contribution in [3.63, 3.8) is 0 Å². The summed E-state index contributed by atoms with van der Waals surface area (Å²) in [5.41, 5.74) is 2.42. The summed E-state index contributed by atoms with van der Waals surface area (Å²) >= 11 is 0. The van der Waals surface area contributed by atoms with E-state index in [0.717, 1.165) is 11.3 Å². The van der Waals surface area contributed by atoms with Crippen molar-refractivity contribution < 1.29 is 19.4 Å². The second-order valence-electron chi connectivity index (χ2n) is 6.06. The van der Waals surface area contributed by atoms with Crippen LogP contribution < -0.4 is 0 Å². The Hall–Kier alpha value is -2.87. The molecule has 2 heterocycles. The smallest absolute Gasteiger partial charge is 0.409 e. The van der Waals surface area contributed by atoms with Crippen LogP contribution in [0.3, 0.4) is 0 Å². The predicted molar refractivity (Wildman–Crippen MR) is 94.6 cm³/mol. The van der Waals surface area contributed by atoms with Gasteiger partial charge in [-0.3, -0.25) is 14.8 Å². The highest BCUT2D eigenvalue weighted by Gasteiger charge is 2.32. The predicted octanol–water partition coefficient (Wildman–Crippen LogP) is 1.98. The number of benzene rings is 1. The maximum atomic E-state index is 11.9. The van der Waals surface area contributed by atoms with Crippen LogP contribution in [0.2, 0.25) is 0 Å². The molecule has 1 aromatic carbocycles. The van der Waals surface area contributed by atoms with E-state index in [-0.39, 0.29) is 6.09 Å². The molecule has 1 atom stereocenters. The van der Waals surface area contributed by atoms with Crippen molar-refractivity contribution in [2.45, 2.75) is 13.0 Å². The van der Waals surface area contributed by atoms with E-state index in [2.05, 4.69) is 10.2 Å². The van der Waals surface area contributed by atoms with E-state index < -0.39 is 12.0 Å². The number of carbonyl (C=O) groups is 2. The average molecular weight is 358 g/mol. The normalized spacial score (nSPS) is 16.3. The van der Waals surface area contributed by atoms with Crippen molar-refractivity contribution in [3.8, 4) is 11.3 Å². The Morgan fingerprint density at radius 3 is 2.65 bits per heavy atom. The molecule has 2 aromatic rings. The van der Waals surface area contributed by atoms with Crippen LogP contribution in [0.15, 0.2) is 36.5 Å². The van der Waals surface area contributed by atoms with Crippen LogP contribution >= 0.6 is 0 Å². The number of aromatic amines is 1. The molecule has 2 N–H and O–H groups in total. The van der Waals surface area contributed by atoms with Crippen LogP contribution in [-0.4, -0.2) is 70.0 Å². The van der Waals surface area contributed by atoms with Gasteiger partial charge in [0.2, 0.25) is 0 Å². The van der Waals surface area contributed by atoms with Gasteiger partial charge >= 0.3 is 12.1 Å². The lowest BCUT2D eigenvalue weighted by molar-refractivity contribution is -0.144. The Bertz CT molecular complexity index is 754. The second kappa shape index (κ2) is 8.01. The Morgan fingerprint density at radius 1 is 1.27 bits per heavy atom. The van der Waals surface area contributed by atoms with E-state index in [1.807, 2.05) is 35.2 Å². The van der Waals surface area contributed by atoms with Gasteiger partial charge in [0.15, 0.2) is 0 Å². The lowest BCUT2D eigenvalue weighted by Gasteiger charge is -2.37. The number of hydrogen-bond acceptors (Lipinski definition) is 5. The van der Waals surface area contributed by atoms with Crippen LogP contribution in [0.1, 0.15) is 18.5 Å². The number of aliphatic carboxylic acids is 1. The Kier molecular flexibility index (Phi) is 5.52. The molecule has 8 nitrogen and oxygen atoms in total. The molecule has 0 radical (unpaired) electrons. The monoisotopic (exact) mass is 358 g/mol. The van der Waals surface area contributed by atoms with Crippen molar-refractivity contribution in [2.75, 3.05) is 32.8 Å². The number of nitrogens with zero attached hydrogens (tertiary/aromatic N) is 3. The van der Waals surface area contributed by atoms with Gasteiger partial charge in [0.25, 0.3) is 0 Å². The molecular weight excluding hydrogens is 336 g/mol. The second-order valence-corrected chi connectivity index (χ2v) is 6.06. The zero-order valence-electron chi connectivity index (χ0n) is 14.6. The highest BCUT2D eigenvalue weighted by Crippen LogP contribution is 2.26. The molecule has 1 amide bonds. The standard InChI is InChI=1S/C18H22N4O4/c1-2-26-18(25)22-10-8-21(9-11-22)16(17(23)24)14-5-3-4-13(12-14)15-6-7-19-20-15/h3-7,12,16H,2,8-11H2,1H3,(H,19,20)(H,23,24)/t16-/m0/s1. The number of ether oxygens (including phenoxy) is 1. The molecule has 26 heavy (non-hydrogen) atoms. The Morgan fingerprint density at radius 2 is 2.04 bits per heavy atom. The van der Waals surface area contributed by atoms with Crippen molar-refractivity contribution in [3.05, 3.63) is 42.1 Å². The fourth-order valence-electron chi connectivity index (χ4n) is 3.18. The van der Waals surface area contributed by atoms with Gasteiger partial charge in [0, 0.05) is 32.4 Å². The minimum Gasteiger partial charge on any atom is -0.480 e. The van der Waals surface area contributed by atoms with Crippen LogP contribution in [0.25, 0.3) is 11.3 Å². The fourth-order valence-corrected chi connectivity index (χ4v) is 3.18. The third kappa shape index (κ3) is 3.85. The number of rotatable bonds is 5. The highest BCUT2D eigenvalue weighted by molar-refractivity contribution is 5.76. The molecule has 0 spiro atoms. The first kappa shape index (κ1) is 17.9. The van der Waals surface area contributed by atoms with E-state index in [9.17, 15) is 14.7 Å². The maximum absolute atomic E-state index is 11.9. The van der Waals surface area contributed by atoms with Crippen molar-refractivity contribution in [1.29, 1.82) is 0 Å². The molecule has 0 bridgehead atoms. The molecule has 1 aliphatic heterocycles. The first-order chi connectivity index (χ1) is 12.6. The number of nitrogens with one attached hydrogen (secondary N) is 1. The highest BCUT2D eigenvalue weighted by atomic mass is 16.6. The zero-order valence-corrected chi connectivity index (χ0v) is 14.6. The van der Waals surface area contributed by atoms with Gasteiger partial charge in [0.1, 0.15) is 6.04 Å². The van der Waals surface area contributed by atoms with Crippen molar-refractivity contribution in [2.24, 2.45) is 0 Å². The number of hydrogen-bond donors (Lipinski definition) is 2. The minimum absolute atomic E-state index is 0.331. The van der Waals surface area contributed by atoms with E-state index in [1.165, 1.54) is 0 Å². The molecule has 0 unspecified atom stereocenters. The lowest BCUT2D eigenvalue weighted by atomic mass is 10.0. The number of carboxylic acids is 1. The molecule has 0 aliphatic carbocycles. The Balaban J connectivity index is 1.76. The minimum atomic E-state index is -0.906. The Labute approximate surface area is 151 Å². The molecular formula is C18H22N4O4. The summed E-state index contributed by atoms with van der Waals surface area (Å²) in [4.78, 5) is 27.3. The summed E-state index contributed by atoms with van der Waals surface area (Å²) in [7, 11) is 0. The van der Waals surface area contributed by atoms with Gasteiger partial charge in [-0.1, -0.05) is 18.2 Å². The molecule has 1 aliphatic rings. The lowest BCUT2D eigenvalue weighted by Crippen LogP contribution is -2.51. The quantitative estimate of drug-likeness (QED) is 0.848. The van der Waals surface area contributed by atoms with Gasteiger partial charge in [0.05, 0.1) is 12.3 Å². The third-order valence-corrected chi connectivity index (χ3v) is 4.45. The van der Waals surface area contributed by atoms with E-state index in [1.54, 1.807) is 18.0 Å². The van der Waals surface area contributed by atoms with Gasteiger partial charge in [-0.15, -0.1) is 0 Å². The maximum Gasteiger partial charge on any atom is 0.409 e. The summed E-state index contributed by atoms with van der Waals surface area (Å²) < 4.78 is 5.01. The molecule has 138 valence electrons. The van der Waals surface area contributed by atoms with Crippen LogP contribution in [0.5, 0.6) is 0 Å². The molecule has 1 aromatic heterocycles. The molecule has 3 rings (SSSR count). The SMILES string of the molecule is CCOC(=O)N1CCN([C@H](C(=O)O)c2cccc(-c3ccn[nH]3)c2)CC1. The van der Waals surface area contributed by atoms with Gasteiger partial charge in [-0.05, 0) is 30.2 Å². The number of carbonyl (C=O) groups excluding carboxylic acids is 1. The largest absolute Gasteiger partial charge is 0.480 e. The number of H-pyrrole nitrogens is 1. The summed E-state index contributed by atoms with van der Waals surface area (Å²) in [6.45, 7) is 3.94. The number of carboxylic acid groups (broad SMARTS) is 1. The van der Waals surface area contributed by atoms with E-state index in [0.29, 0.717) is 38.3 Å². The summed E-state index contributed by atoms with van der Waals surface area (Å²) in [5.74, 6) is -0.906. The number of aromatic nitrogens is 2. The molecule has 8 heteroatoms. The number of piperazine rings is 1. The summed E-state index contributed by atoms with van der Waals surface area (Å²) in [6.07, 6.45) is 1.31. The van der Waals surface area contributed by atoms with Gasteiger partial charge in [-0.2, -0.15) is 5.10 Å². The van der Waals surface area contributed by atoms with Gasteiger partial charge in [-0.25, -0.2) is 4.79 Å². The first-order valence-electron chi connectivity index (χ1n) is 8.58. The third-order valence-electron chi connectivity index (χ3n) is 4.45. The van der Waals surface area contributed by atoms with E-state index in [4.69, 9.17) is 4.74 Å². The average Bonchev–Trinajstić information content (AvgIpc) is 3.17. The van der Waals surface area contributed by atoms with Crippen LogP contribution in [0.4, 0.5) is 4.79 Å². The topological polar surface area (TPSA) is 98.8 Å². The fraction of sp³-hybridized carbons (Fsp3) is 0.389. The first-order valence-corrected chi connectivity index (χ1v) is 8.58. The molecule has 1 saturated heterocycles. The zero-order chi connectivity index (χ0) is 18.5. The number of amides is 1.